The van der Waals surface area contributed by atoms with Crippen LogP contribution in [0.25, 0.3) is 0 Å². The number of nitrogens with zero attached hydrogens (tertiary/aromatic N) is 1. The average molecular weight is 287 g/mol. The predicted octanol–water partition coefficient (Wildman–Crippen LogP) is 2.49. The van der Waals surface area contributed by atoms with Crippen molar-refractivity contribution in [3.63, 3.8) is 0 Å². The molecule has 0 aromatic heterocycles. The molecular weight excluding hydrogens is 266 g/mol. The average Bonchev–Trinajstić information content (AvgIpc) is 3.19. The molecule has 2 atom stereocenters. The number of hydrogen-bond donors (Lipinski definition) is 1. The molecule has 4 heteroatoms. The molecule has 0 radical (unpaired) electrons. The number of carboxylic acid groups (broad SMARTS) is 1. The molecule has 1 amide bonds. The van der Waals surface area contributed by atoms with Gasteiger partial charge in [0, 0.05) is 18.7 Å². The number of aliphatic carboxylic acids is 1. The standard InChI is InChI=1S/C17H21NO3/c1-10-3-4-11(2)13(7-10)16(19)18-8-14(12-5-6-12)15(9-18)17(20)21/h3-4,7,12,14-15H,5-6,8-9H2,1-2H3,(H,20,21)/t14-,15+/m1/s1. The zero-order valence-corrected chi connectivity index (χ0v) is 12.5. The summed E-state index contributed by atoms with van der Waals surface area (Å²) in [6, 6.07) is 5.84. The Morgan fingerprint density at radius 3 is 2.52 bits per heavy atom. The molecule has 3 rings (SSSR count). The van der Waals surface area contributed by atoms with E-state index >= 15 is 0 Å². The monoisotopic (exact) mass is 287 g/mol. The highest BCUT2D eigenvalue weighted by Gasteiger charge is 2.47. The van der Waals surface area contributed by atoms with Crippen LogP contribution in [-0.4, -0.2) is 35.0 Å². The number of carbonyl (C=O) groups is 2. The minimum Gasteiger partial charge on any atom is -0.481 e. The fraction of sp³-hybridized carbons (Fsp3) is 0.529. The van der Waals surface area contributed by atoms with Gasteiger partial charge in [-0.1, -0.05) is 17.7 Å². The molecule has 1 aliphatic heterocycles. The summed E-state index contributed by atoms with van der Waals surface area (Å²) >= 11 is 0. The molecule has 112 valence electrons. The molecule has 1 saturated heterocycles. The lowest BCUT2D eigenvalue weighted by molar-refractivity contribution is -0.142. The van der Waals surface area contributed by atoms with Crippen LogP contribution in [0.3, 0.4) is 0 Å². The summed E-state index contributed by atoms with van der Waals surface area (Å²) in [4.78, 5) is 25.9. The summed E-state index contributed by atoms with van der Waals surface area (Å²) in [5, 5.41) is 9.39. The lowest BCUT2D eigenvalue weighted by atomic mass is 9.92. The fourth-order valence-corrected chi connectivity index (χ4v) is 3.39. The lowest BCUT2D eigenvalue weighted by Crippen LogP contribution is -2.30. The van der Waals surface area contributed by atoms with Crippen molar-refractivity contribution in [1.82, 2.24) is 4.90 Å². The number of benzene rings is 1. The fourth-order valence-electron chi connectivity index (χ4n) is 3.39. The van der Waals surface area contributed by atoms with Crippen molar-refractivity contribution in [2.24, 2.45) is 17.8 Å². The SMILES string of the molecule is Cc1ccc(C)c(C(=O)N2C[C@H](C(=O)O)[C@@H](C3CC3)C2)c1. The minimum absolute atomic E-state index is 0.0226. The van der Waals surface area contributed by atoms with Gasteiger partial charge < -0.3 is 10.0 Å². The summed E-state index contributed by atoms with van der Waals surface area (Å²) < 4.78 is 0. The van der Waals surface area contributed by atoms with Crippen molar-refractivity contribution in [1.29, 1.82) is 0 Å². The van der Waals surface area contributed by atoms with E-state index < -0.39 is 11.9 Å². The molecule has 1 aliphatic carbocycles. The van der Waals surface area contributed by atoms with Gasteiger partial charge >= 0.3 is 5.97 Å². The Kier molecular flexibility index (Phi) is 3.47. The summed E-state index contributed by atoms with van der Waals surface area (Å²) in [6.07, 6.45) is 2.22. The summed E-state index contributed by atoms with van der Waals surface area (Å²) in [5.41, 5.74) is 2.71. The summed E-state index contributed by atoms with van der Waals surface area (Å²) in [5.74, 6) is -0.542. The topological polar surface area (TPSA) is 57.6 Å². The Balaban J connectivity index is 1.82. The largest absolute Gasteiger partial charge is 0.481 e. The highest BCUT2D eigenvalue weighted by molar-refractivity contribution is 5.96. The zero-order chi connectivity index (χ0) is 15.1. The number of aryl methyl sites for hydroxylation is 2. The first-order valence-corrected chi connectivity index (χ1v) is 7.56. The molecular formula is C17H21NO3. The Labute approximate surface area is 124 Å². The van der Waals surface area contributed by atoms with E-state index in [1.165, 1.54) is 0 Å². The number of likely N-dealkylation sites (tertiary alicyclic amines) is 1. The van der Waals surface area contributed by atoms with Gasteiger partial charge in [0.15, 0.2) is 0 Å². The van der Waals surface area contributed by atoms with Gasteiger partial charge in [0.25, 0.3) is 5.91 Å². The van der Waals surface area contributed by atoms with E-state index in [-0.39, 0.29) is 11.8 Å². The number of hydrogen-bond acceptors (Lipinski definition) is 2. The third kappa shape index (κ3) is 2.67. The molecule has 2 fully saturated rings. The van der Waals surface area contributed by atoms with Crippen molar-refractivity contribution < 1.29 is 14.7 Å². The van der Waals surface area contributed by atoms with Crippen LogP contribution in [0.15, 0.2) is 18.2 Å². The van der Waals surface area contributed by atoms with Gasteiger partial charge in [-0.25, -0.2) is 0 Å². The third-order valence-corrected chi connectivity index (χ3v) is 4.82. The highest BCUT2D eigenvalue weighted by Crippen LogP contribution is 2.44. The molecule has 0 bridgehead atoms. The van der Waals surface area contributed by atoms with Gasteiger partial charge in [-0.15, -0.1) is 0 Å². The maximum atomic E-state index is 12.7. The van der Waals surface area contributed by atoms with E-state index in [9.17, 15) is 14.7 Å². The molecule has 1 aromatic carbocycles. The van der Waals surface area contributed by atoms with Crippen molar-refractivity contribution in [2.45, 2.75) is 26.7 Å². The van der Waals surface area contributed by atoms with E-state index in [2.05, 4.69) is 0 Å². The lowest BCUT2D eigenvalue weighted by Gasteiger charge is -2.18. The van der Waals surface area contributed by atoms with Crippen molar-refractivity contribution in [2.75, 3.05) is 13.1 Å². The van der Waals surface area contributed by atoms with E-state index in [0.717, 1.165) is 24.0 Å². The quantitative estimate of drug-likeness (QED) is 0.929. The molecule has 2 aliphatic rings. The van der Waals surface area contributed by atoms with Crippen LogP contribution in [0.4, 0.5) is 0 Å². The van der Waals surface area contributed by atoms with Crippen molar-refractivity contribution in [3.05, 3.63) is 34.9 Å². The number of amides is 1. The highest BCUT2D eigenvalue weighted by atomic mass is 16.4. The molecule has 1 aromatic rings. The van der Waals surface area contributed by atoms with Crippen molar-refractivity contribution in [3.8, 4) is 0 Å². The number of carboxylic acids is 1. The Bertz CT molecular complexity index is 592. The van der Waals surface area contributed by atoms with Gasteiger partial charge in [-0.2, -0.15) is 0 Å². The summed E-state index contributed by atoms with van der Waals surface area (Å²) in [7, 11) is 0. The third-order valence-electron chi connectivity index (χ3n) is 4.82. The van der Waals surface area contributed by atoms with E-state index in [0.29, 0.717) is 24.6 Å². The van der Waals surface area contributed by atoms with Crippen LogP contribution < -0.4 is 0 Å². The molecule has 1 saturated carbocycles. The van der Waals surface area contributed by atoms with Crippen LogP contribution in [0.1, 0.15) is 34.3 Å². The van der Waals surface area contributed by atoms with Gasteiger partial charge in [0.1, 0.15) is 0 Å². The molecule has 0 spiro atoms. The van der Waals surface area contributed by atoms with Crippen LogP contribution >= 0.6 is 0 Å². The van der Waals surface area contributed by atoms with Crippen LogP contribution in [0, 0.1) is 31.6 Å². The van der Waals surface area contributed by atoms with E-state index in [4.69, 9.17) is 0 Å². The van der Waals surface area contributed by atoms with E-state index in [1.807, 2.05) is 32.0 Å². The van der Waals surface area contributed by atoms with Crippen LogP contribution in [-0.2, 0) is 4.79 Å². The van der Waals surface area contributed by atoms with Crippen LogP contribution in [0.2, 0.25) is 0 Å². The minimum atomic E-state index is -0.761. The summed E-state index contributed by atoms with van der Waals surface area (Å²) in [6.45, 7) is 4.83. The molecule has 21 heavy (non-hydrogen) atoms. The second-order valence-electron chi connectivity index (χ2n) is 6.47. The molecule has 1 N–H and O–H groups in total. The van der Waals surface area contributed by atoms with Gasteiger partial charge in [0.2, 0.25) is 0 Å². The molecule has 4 nitrogen and oxygen atoms in total. The van der Waals surface area contributed by atoms with Crippen LogP contribution in [0.5, 0.6) is 0 Å². The van der Waals surface area contributed by atoms with Crippen molar-refractivity contribution >= 4 is 11.9 Å². The van der Waals surface area contributed by atoms with Gasteiger partial charge in [-0.05, 0) is 50.2 Å². The second-order valence-corrected chi connectivity index (χ2v) is 6.47. The zero-order valence-electron chi connectivity index (χ0n) is 12.5. The first-order chi connectivity index (χ1) is 9.97. The normalized spacial score (nSPS) is 25.1. The second kappa shape index (κ2) is 5.17. The smallest absolute Gasteiger partial charge is 0.308 e. The predicted molar refractivity (Wildman–Crippen MR) is 79.2 cm³/mol. The Hall–Kier alpha value is -1.84. The Morgan fingerprint density at radius 2 is 1.90 bits per heavy atom. The molecule has 0 unspecified atom stereocenters. The van der Waals surface area contributed by atoms with Gasteiger partial charge in [0.05, 0.1) is 5.92 Å². The number of carbonyl (C=O) groups excluding carboxylic acids is 1. The Morgan fingerprint density at radius 1 is 1.19 bits per heavy atom. The molecule has 1 heterocycles. The van der Waals surface area contributed by atoms with E-state index in [1.54, 1.807) is 4.90 Å². The maximum Gasteiger partial charge on any atom is 0.308 e. The first-order valence-electron chi connectivity index (χ1n) is 7.56. The van der Waals surface area contributed by atoms with Gasteiger partial charge in [-0.3, -0.25) is 9.59 Å². The first kappa shape index (κ1) is 14.1. The maximum absolute atomic E-state index is 12.7. The number of rotatable bonds is 3.